The zero-order valence-corrected chi connectivity index (χ0v) is 15.3. The molecule has 1 aromatic heterocycles. The summed E-state index contributed by atoms with van der Waals surface area (Å²) in [6.07, 6.45) is 9.08. The standard InChI is InChI=1S/C22H28N2O2/c25-21-15-24(22(26)12-16-6-2-1-3-7-16)14-18(21)13-17-10-11-23-20-9-5-4-8-19(17)20/h4-5,8-11,16,18,21,25H,1-3,6-7,12-15H2/t18-,21-/m1/s1. The van der Waals surface area contributed by atoms with E-state index in [1.807, 2.05) is 35.4 Å². The molecule has 4 heteroatoms. The molecule has 2 heterocycles. The van der Waals surface area contributed by atoms with Gasteiger partial charge in [0.2, 0.25) is 5.91 Å². The first-order chi connectivity index (χ1) is 12.7. The summed E-state index contributed by atoms with van der Waals surface area (Å²) < 4.78 is 0. The number of aliphatic hydroxyl groups is 1. The Morgan fingerprint density at radius 1 is 1.12 bits per heavy atom. The summed E-state index contributed by atoms with van der Waals surface area (Å²) in [5, 5.41) is 11.7. The maximum atomic E-state index is 12.7. The molecule has 1 N–H and O–H groups in total. The van der Waals surface area contributed by atoms with Gasteiger partial charge in [-0.15, -0.1) is 0 Å². The molecule has 2 fully saturated rings. The van der Waals surface area contributed by atoms with Crippen LogP contribution < -0.4 is 0 Å². The van der Waals surface area contributed by atoms with Crippen molar-refractivity contribution in [3.63, 3.8) is 0 Å². The maximum Gasteiger partial charge on any atom is 0.222 e. The Labute approximate surface area is 155 Å². The van der Waals surface area contributed by atoms with Crippen LogP contribution in [0.15, 0.2) is 36.5 Å². The maximum absolute atomic E-state index is 12.7. The second-order valence-electron chi connectivity index (χ2n) is 8.03. The van der Waals surface area contributed by atoms with Gasteiger partial charge in [-0.05, 0) is 42.9 Å². The number of hydrogen-bond acceptors (Lipinski definition) is 3. The van der Waals surface area contributed by atoms with Crippen molar-refractivity contribution in [3.8, 4) is 0 Å². The lowest BCUT2D eigenvalue weighted by Gasteiger charge is -2.24. The predicted octanol–water partition coefficient (Wildman–Crippen LogP) is 3.57. The van der Waals surface area contributed by atoms with Gasteiger partial charge in [-0.25, -0.2) is 0 Å². The molecular formula is C22H28N2O2. The van der Waals surface area contributed by atoms with Gasteiger partial charge in [-0.2, -0.15) is 0 Å². The summed E-state index contributed by atoms with van der Waals surface area (Å²) in [4.78, 5) is 19.0. The van der Waals surface area contributed by atoms with E-state index in [4.69, 9.17) is 0 Å². The number of hydrogen-bond donors (Lipinski definition) is 1. The molecule has 0 unspecified atom stereocenters. The van der Waals surface area contributed by atoms with Crippen molar-refractivity contribution in [2.45, 2.75) is 51.0 Å². The topological polar surface area (TPSA) is 53.4 Å². The van der Waals surface area contributed by atoms with Crippen LogP contribution in [0.3, 0.4) is 0 Å². The van der Waals surface area contributed by atoms with Crippen molar-refractivity contribution in [1.82, 2.24) is 9.88 Å². The van der Waals surface area contributed by atoms with Gasteiger partial charge in [0.15, 0.2) is 0 Å². The highest BCUT2D eigenvalue weighted by Crippen LogP contribution is 2.29. The number of aromatic nitrogens is 1. The summed E-state index contributed by atoms with van der Waals surface area (Å²) in [5.41, 5.74) is 2.20. The van der Waals surface area contributed by atoms with Gasteiger partial charge >= 0.3 is 0 Å². The number of aliphatic hydroxyl groups excluding tert-OH is 1. The molecule has 4 rings (SSSR count). The molecule has 138 valence electrons. The monoisotopic (exact) mass is 352 g/mol. The minimum atomic E-state index is -0.433. The number of pyridine rings is 1. The fourth-order valence-corrected chi connectivity index (χ4v) is 4.64. The summed E-state index contributed by atoms with van der Waals surface area (Å²) >= 11 is 0. The van der Waals surface area contributed by atoms with Crippen molar-refractivity contribution in [1.29, 1.82) is 0 Å². The minimum Gasteiger partial charge on any atom is -0.391 e. The van der Waals surface area contributed by atoms with E-state index in [0.717, 1.165) is 17.3 Å². The van der Waals surface area contributed by atoms with Gasteiger partial charge in [0, 0.05) is 37.0 Å². The minimum absolute atomic E-state index is 0.108. The van der Waals surface area contributed by atoms with Crippen LogP contribution in [-0.2, 0) is 11.2 Å². The van der Waals surface area contributed by atoms with Gasteiger partial charge in [-0.3, -0.25) is 9.78 Å². The quantitative estimate of drug-likeness (QED) is 0.915. The van der Waals surface area contributed by atoms with Gasteiger partial charge in [0.05, 0.1) is 11.6 Å². The highest BCUT2D eigenvalue weighted by atomic mass is 16.3. The molecule has 1 amide bonds. The fraction of sp³-hybridized carbons (Fsp3) is 0.545. The molecule has 2 aliphatic rings. The zero-order chi connectivity index (χ0) is 17.9. The molecule has 0 radical (unpaired) electrons. The molecule has 0 bridgehead atoms. The molecule has 1 aliphatic heterocycles. The lowest BCUT2D eigenvalue weighted by atomic mass is 9.86. The first kappa shape index (κ1) is 17.5. The number of rotatable bonds is 4. The van der Waals surface area contributed by atoms with E-state index >= 15 is 0 Å². The van der Waals surface area contributed by atoms with Gasteiger partial charge in [0.1, 0.15) is 0 Å². The SMILES string of the molecule is O=C(CC1CCCCC1)N1C[C@@H](Cc2ccnc3ccccc23)[C@H](O)C1. The lowest BCUT2D eigenvalue weighted by molar-refractivity contribution is -0.131. The van der Waals surface area contributed by atoms with E-state index in [1.165, 1.54) is 37.7 Å². The first-order valence-corrected chi connectivity index (χ1v) is 9.99. The number of β-amino-alcohol motifs (C(OH)–C–C–N with tert-alkyl or cyclic N) is 1. The third-order valence-electron chi connectivity index (χ3n) is 6.17. The molecule has 1 aliphatic carbocycles. The number of para-hydroxylation sites is 1. The van der Waals surface area contributed by atoms with Crippen LogP contribution in [0.2, 0.25) is 0 Å². The average molecular weight is 352 g/mol. The summed E-state index contributed by atoms with van der Waals surface area (Å²) in [6, 6.07) is 10.2. The Hall–Kier alpha value is -1.94. The van der Waals surface area contributed by atoms with Crippen LogP contribution in [0.25, 0.3) is 10.9 Å². The molecular weight excluding hydrogens is 324 g/mol. The molecule has 1 saturated carbocycles. The van der Waals surface area contributed by atoms with E-state index in [-0.39, 0.29) is 11.8 Å². The Bertz CT molecular complexity index is 764. The highest BCUT2D eigenvalue weighted by molar-refractivity contribution is 5.82. The Morgan fingerprint density at radius 3 is 2.77 bits per heavy atom. The highest BCUT2D eigenvalue weighted by Gasteiger charge is 2.34. The van der Waals surface area contributed by atoms with E-state index < -0.39 is 6.10 Å². The van der Waals surface area contributed by atoms with E-state index in [9.17, 15) is 9.90 Å². The number of nitrogens with zero attached hydrogens (tertiary/aromatic N) is 2. The van der Waals surface area contributed by atoms with Gasteiger partial charge in [-0.1, -0.05) is 37.5 Å². The fourth-order valence-electron chi connectivity index (χ4n) is 4.64. The second kappa shape index (κ2) is 7.75. The number of fused-ring (bicyclic) bond motifs is 1. The Balaban J connectivity index is 1.41. The number of benzene rings is 1. The molecule has 1 saturated heterocycles. The van der Waals surface area contributed by atoms with Crippen LogP contribution >= 0.6 is 0 Å². The normalized spacial score (nSPS) is 24.3. The summed E-state index contributed by atoms with van der Waals surface area (Å²) in [7, 11) is 0. The first-order valence-electron chi connectivity index (χ1n) is 9.99. The van der Waals surface area contributed by atoms with E-state index in [1.54, 1.807) is 0 Å². The Kier molecular flexibility index (Phi) is 5.21. The van der Waals surface area contributed by atoms with Gasteiger partial charge < -0.3 is 10.0 Å². The van der Waals surface area contributed by atoms with E-state index in [2.05, 4.69) is 11.1 Å². The number of amides is 1. The Morgan fingerprint density at radius 2 is 1.92 bits per heavy atom. The van der Waals surface area contributed by atoms with E-state index in [0.29, 0.717) is 25.4 Å². The third-order valence-corrected chi connectivity index (χ3v) is 6.17. The average Bonchev–Trinajstić information content (AvgIpc) is 3.04. The van der Waals surface area contributed by atoms with Crippen LogP contribution in [-0.4, -0.2) is 40.1 Å². The lowest BCUT2D eigenvalue weighted by Crippen LogP contribution is -2.31. The molecule has 2 atom stereocenters. The van der Waals surface area contributed by atoms with Gasteiger partial charge in [0.25, 0.3) is 0 Å². The van der Waals surface area contributed by atoms with Crippen molar-refractivity contribution >= 4 is 16.8 Å². The smallest absolute Gasteiger partial charge is 0.222 e. The van der Waals surface area contributed by atoms with Crippen molar-refractivity contribution in [2.75, 3.05) is 13.1 Å². The van der Waals surface area contributed by atoms with Crippen molar-refractivity contribution < 1.29 is 9.90 Å². The number of likely N-dealkylation sites (tertiary alicyclic amines) is 1. The number of carbonyl (C=O) groups excluding carboxylic acids is 1. The van der Waals surface area contributed by atoms with Crippen LogP contribution in [0.1, 0.15) is 44.1 Å². The van der Waals surface area contributed by atoms with Crippen LogP contribution in [0, 0.1) is 11.8 Å². The molecule has 1 aromatic carbocycles. The zero-order valence-electron chi connectivity index (χ0n) is 15.3. The van der Waals surface area contributed by atoms with Crippen LogP contribution in [0.5, 0.6) is 0 Å². The molecule has 4 nitrogen and oxygen atoms in total. The molecule has 0 spiro atoms. The largest absolute Gasteiger partial charge is 0.391 e. The number of carbonyl (C=O) groups is 1. The summed E-state index contributed by atoms with van der Waals surface area (Å²) in [5.74, 6) is 0.894. The van der Waals surface area contributed by atoms with Crippen molar-refractivity contribution in [2.24, 2.45) is 11.8 Å². The van der Waals surface area contributed by atoms with Crippen LogP contribution in [0.4, 0.5) is 0 Å². The molecule has 26 heavy (non-hydrogen) atoms. The predicted molar refractivity (Wildman–Crippen MR) is 103 cm³/mol. The summed E-state index contributed by atoms with van der Waals surface area (Å²) in [6.45, 7) is 1.16. The second-order valence-corrected chi connectivity index (χ2v) is 8.03. The van der Waals surface area contributed by atoms with Crippen molar-refractivity contribution in [3.05, 3.63) is 42.1 Å². The third kappa shape index (κ3) is 3.75. The molecule has 2 aromatic rings.